The lowest BCUT2D eigenvalue weighted by Gasteiger charge is -2.26. The summed E-state index contributed by atoms with van der Waals surface area (Å²) >= 11 is 12.1. The largest absolute Gasteiger partial charge is 0.475 e. The topological polar surface area (TPSA) is 39.5 Å². The van der Waals surface area contributed by atoms with Gasteiger partial charge in [0.25, 0.3) is 0 Å². The molecule has 2 heterocycles. The fourth-order valence-electron chi connectivity index (χ4n) is 3.11. The zero-order chi connectivity index (χ0) is 19.3. The van der Waals surface area contributed by atoms with E-state index >= 15 is 0 Å². The van der Waals surface area contributed by atoms with Gasteiger partial charge in [0.2, 0.25) is 5.88 Å². The summed E-state index contributed by atoms with van der Waals surface area (Å²) in [6, 6.07) is 15.2. The van der Waals surface area contributed by atoms with Crippen LogP contribution in [0.25, 0.3) is 16.8 Å². The van der Waals surface area contributed by atoms with Crippen LogP contribution >= 0.6 is 23.2 Å². The zero-order valence-electron chi connectivity index (χ0n) is 15.4. The fourth-order valence-corrected chi connectivity index (χ4v) is 3.37. The normalized spacial score (nSPS) is 14.9. The number of halogens is 2. The van der Waals surface area contributed by atoms with Gasteiger partial charge in [-0.15, -0.1) is 5.10 Å². The van der Waals surface area contributed by atoms with Crippen LogP contribution in [0.4, 0.5) is 0 Å². The summed E-state index contributed by atoms with van der Waals surface area (Å²) in [5.74, 6) is 0.602. The van der Waals surface area contributed by atoms with Crippen LogP contribution < -0.4 is 4.74 Å². The van der Waals surface area contributed by atoms with Crippen LogP contribution in [-0.4, -0.2) is 54.1 Å². The minimum atomic E-state index is 0.568. The Morgan fingerprint density at radius 3 is 2.25 bits per heavy atom. The molecule has 146 valence electrons. The van der Waals surface area contributed by atoms with Gasteiger partial charge in [-0.05, 0) is 42.0 Å². The van der Waals surface area contributed by atoms with Gasteiger partial charge in [-0.3, -0.25) is 4.90 Å². The monoisotopic (exact) mass is 417 g/mol. The third kappa shape index (κ3) is 4.67. The Morgan fingerprint density at radius 1 is 0.929 bits per heavy atom. The maximum absolute atomic E-state index is 6.08. The summed E-state index contributed by atoms with van der Waals surface area (Å²) in [4.78, 5) is 2.33. The molecule has 5 nitrogen and oxygen atoms in total. The van der Waals surface area contributed by atoms with Crippen molar-refractivity contribution in [1.29, 1.82) is 0 Å². The summed E-state index contributed by atoms with van der Waals surface area (Å²) in [6.45, 7) is 4.84. The first-order valence-corrected chi connectivity index (χ1v) is 9.99. The lowest BCUT2D eigenvalue weighted by atomic mass is 10.1. The standard InChI is InChI=1S/C21H21Cl2N3O2/c22-17-3-1-16(2-4-17)20-15-26(19-7-5-18(23)6-8-19)24-21(20)28-14-11-25-9-12-27-13-10-25/h1-8,15H,9-14H2. The third-order valence-corrected chi connectivity index (χ3v) is 5.18. The smallest absolute Gasteiger partial charge is 0.241 e. The molecule has 0 aliphatic carbocycles. The van der Waals surface area contributed by atoms with Crippen LogP contribution in [0.3, 0.4) is 0 Å². The molecule has 0 bridgehead atoms. The average molecular weight is 418 g/mol. The molecule has 0 amide bonds. The summed E-state index contributed by atoms with van der Waals surface area (Å²) < 4.78 is 13.3. The van der Waals surface area contributed by atoms with Gasteiger partial charge in [0, 0.05) is 35.9 Å². The van der Waals surface area contributed by atoms with Crippen molar-refractivity contribution in [3.63, 3.8) is 0 Å². The molecule has 0 N–H and O–H groups in total. The number of hydrogen-bond donors (Lipinski definition) is 0. The minimum absolute atomic E-state index is 0.568. The van der Waals surface area contributed by atoms with E-state index in [0.717, 1.165) is 49.7 Å². The number of nitrogens with zero attached hydrogens (tertiary/aromatic N) is 3. The summed E-state index contributed by atoms with van der Waals surface area (Å²) in [6.07, 6.45) is 1.97. The van der Waals surface area contributed by atoms with Crippen LogP contribution in [0.1, 0.15) is 0 Å². The SMILES string of the molecule is Clc1ccc(-c2cn(-c3ccc(Cl)cc3)nc2OCCN2CCOCC2)cc1. The van der Waals surface area contributed by atoms with Gasteiger partial charge in [0.1, 0.15) is 6.61 Å². The van der Waals surface area contributed by atoms with E-state index in [9.17, 15) is 0 Å². The molecular weight excluding hydrogens is 397 g/mol. The molecule has 28 heavy (non-hydrogen) atoms. The van der Waals surface area contributed by atoms with E-state index in [1.807, 2.05) is 59.4 Å². The van der Waals surface area contributed by atoms with E-state index in [4.69, 9.17) is 32.7 Å². The molecule has 3 aromatic rings. The zero-order valence-corrected chi connectivity index (χ0v) is 16.9. The molecule has 1 fully saturated rings. The van der Waals surface area contributed by atoms with Gasteiger partial charge in [0.15, 0.2) is 0 Å². The van der Waals surface area contributed by atoms with Crippen LogP contribution in [0.15, 0.2) is 54.7 Å². The van der Waals surface area contributed by atoms with Crippen molar-refractivity contribution >= 4 is 23.2 Å². The van der Waals surface area contributed by atoms with Crippen molar-refractivity contribution in [2.24, 2.45) is 0 Å². The molecule has 4 rings (SSSR count). The number of morpholine rings is 1. The molecule has 1 aromatic heterocycles. The second-order valence-corrected chi connectivity index (χ2v) is 7.45. The molecule has 7 heteroatoms. The minimum Gasteiger partial charge on any atom is -0.475 e. The van der Waals surface area contributed by atoms with Crippen molar-refractivity contribution in [3.05, 3.63) is 64.8 Å². The van der Waals surface area contributed by atoms with Crippen molar-refractivity contribution in [2.75, 3.05) is 39.5 Å². The van der Waals surface area contributed by atoms with E-state index in [0.29, 0.717) is 22.5 Å². The Balaban J connectivity index is 1.56. The van der Waals surface area contributed by atoms with Gasteiger partial charge in [-0.2, -0.15) is 0 Å². The molecule has 1 aliphatic rings. The van der Waals surface area contributed by atoms with Crippen molar-refractivity contribution in [3.8, 4) is 22.7 Å². The first kappa shape index (κ1) is 19.3. The van der Waals surface area contributed by atoms with Crippen LogP contribution in [-0.2, 0) is 4.74 Å². The number of hydrogen-bond acceptors (Lipinski definition) is 4. The molecule has 1 saturated heterocycles. The molecule has 0 spiro atoms. The maximum Gasteiger partial charge on any atom is 0.241 e. The predicted molar refractivity (Wildman–Crippen MR) is 112 cm³/mol. The highest BCUT2D eigenvalue weighted by Crippen LogP contribution is 2.31. The van der Waals surface area contributed by atoms with E-state index < -0.39 is 0 Å². The predicted octanol–water partition coefficient (Wildman–Crippen LogP) is 4.56. The van der Waals surface area contributed by atoms with E-state index in [-0.39, 0.29) is 0 Å². The van der Waals surface area contributed by atoms with E-state index in [2.05, 4.69) is 10.00 Å². The van der Waals surface area contributed by atoms with Crippen LogP contribution in [0, 0.1) is 0 Å². The van der Waals surface area contributed by atoms with Crippen molar-refractivity contribution in [2.45, 2.75) is 0 Å². The van der Waals surface area contributed by atoms with Gasteiger partial charge in [0.05, 0.1) is 24.5 Å². The van der Waals surface area contributed by atoms with Crippen molar-refractivity contribution < 1.29 is 9.47 Å². The van der Waals surface area contributed by atoms with E-state index in [1.54, 1.807) is 0 Å². The summed E-state index contributed by atoms with van der Waals surface area (Å²) in [5, 5.41) is 6.06. The average Bonchev–Trinajstić information content (AvgIpc) is 3.14. The second kappa shape index (κ2) is 8.97. The Hall–Kier alpha value is -2.05. The highest BCUT2D eigenvalue weighted by atomic mass is 35.5. The van der Waals surface area contributed by atoms with Crippen molar-refractivity contribution in [1.82, 2.24) is 14.7 Å². The molecule has 1 aliphatic heterocycles. The number of aromatic nitrogens is 2. The Kier molecular flexibility index (Phi) is 6.17. The second-order valence-electron chi connectivity index (χ2n) is 6.58. The number of benzene rings is 2. The van der Waals surface area contributed by atoms with Gasteiger partial charge in [-0.1, -0.05) is 35.3 Å². The molecule has 0 saturated carbocycles. The molecular formula is C21H21Cl2N3O2. The number of ether oxygens (including phenoxy) is 2. The summed E-state index contributed by atoms with van der Waals surface area (Å²) in [7, 11) is 0. The van der Waals surface area contributed by atoms with E-state index in [1.165, 1.54) is 0 Å². The van der Waals surface area contributed by atoms with Gasteiger partial charge >= 0.3 is 0 Å². The lowest BCUT2D eigenvalue weighted by molar-refractivity contribution is 0.0320. The molecule has 0 radical (unpaired) electrons. The Labute approximate surface area is 174 Å². The quantitative estimate of drug-likeness (QED) is 0.589. The Morgan fingerprint density at radius 2 is 1.57 bits per heavy atom. The Bertz CT molecular complexity index is 904. The highest BCUT2D eigenvalue weighted by molar-refractivity contribution is 6.30. The molecule has 0 atom stereocenters. The first-order valence-electron chi connectivity index (χ1n) is 9.23. The first-order chi connectivity index (χ1) is 13.7. The summed E-state index contributed by atoms with van der Waals surface area (Å²) in [5.41, 5.74) is 2.85. The highest BCUT2D eigenvalue weighted by Gasteiger charge is 2.15. The number of rotatable bonds is 6. The third-order valence-electron chi connectivity index (χ3n) is 4.68. The van der Waals surface area contributed by atoms with Gasteiger partial charge < -0.3 is 9.47 Å². The van der Waals surface area contributed by atoms with Crippen LogP contribution in [0.2, 0.25) is 10.0 Å². The van der Waals surface area contributed by atoms with Crippen LogP contribution in [0.5, 0.6) is 5.88 Å². The molecule has 2 aromatic carbocycles. The van der Waals surface area contributed by atoms with Gasteiger partial charge in [-0.25, -0.2) is 4.68 Å². The maximum atomic E-state index is 6.08. The molecule has 0 unspecified atom stereocenters. The fraction of sp³-hybridized carbons (Fsp3) is 0.286. The lowest BCUT2D eigenvalue weighted by Crippen LogP contribution is -2.38.